The number of morpholine rings is 1. The number of nitrogens with one attached hydrogen (secondary N) is 2. The van der Waals surface area contributed by atoms with Crippen LogP contribution in [0.1, 0.15) is 68.1 Å². The third-order valence-corrected chi connectivity index (χ3v) is 9.60. The van der Waals surface area contributed by atoms with Crippen molar-refractivity contribution in [3.8, 4) is 22.8 Å². The van der Waals surface area contributed by atoms with Crippen LogP contribution in [-0.4, -0.2) is 80.5 Å². The third-order valence-electron chi connectivity index (χ3n) is 9.60. The van der Waals surface area contributed by atoms with Gasteiger partial charge in [0.05, 0.1) is 25.0 Å². The highest BCUT2D eigenvalue weighted by Gasteiger charge is 2.27. The van der Waals surface area contributed by atoms with Crippen molar-refractivity contribution in [3.05, 3.63) is 113 Å². The number of carboxylic acids is 1. The molecule has 4 heterocycles. The first-order valence-corrected chi connectivity index (χ1v) is 17.4. The summed E-state index contributed by atoms with van der Waals surface area (Å²) in [5.41, 5.74) is 4.67. The first-order valence-electron chi connectivity index (χ1n) is 17.4. The van der Waals surface area contributed by atoms with Crippen molar-refractivity contribution in [1.29, 1.82) is 0 Å². The molecule has 0 bridgehead atoms. The summed E-state index contributed by atoms with van der Waals surface area (Å²) in [6, 6.07) is 18.8. The maximum atomic E-state index is 14.4. The number of carboxylic acid groups (broad SMARTS) is 1. The number of aromatic nitrogens is 3. The summed E-state index contributed by atoms with van der Waals surface area (Å²) >= 11 is 0. The van der Waals surface area contributed by atoms with E-state index < -0.39 is 17.7 Å². The number of aryl methyl sites for hydroxylation is 1. The van der Waals surface area contributed by atoms with Crippen molar-refractivity contribution in [2.24, 2.45) is 0 Å². The van der Waals surface area contributed by atoms with Gasteiger partial charge in [0.2, 0.25) is 5.88 Å². The summed E-state index contributed by atoms with van der Waals surface area (Å²) in [7, 11) is 0. The highest BCUT2D eigenvalue weighted by Crippen LogP contribution is 2.32. The molecule has 12 nitrogen and oxygen atoms in total. The predicted octanol–water partition coefficient (Wildman–Crippen LogP) is 5.64. The predicted molar refractivity (Wildman–Crippen MR) is 190 cm³/mol. The summed E-state index contributed by atoms with van der Waals surface area (Å²) in [4.78, 5) is 49.0. The smallest absolute Gasteiger partial charge is 0.335 e. The van der Waals surface area contributed by atoms with Crippen LogP contribution in [0.4, 0.5) is 4.39 Å². The molecule has 0 radical (unpaired) electrons. The average molecular weight is 707 g/mol. The molecule has 1 saturated heterocycles. The Bertz CT molecular complexity index is 2120. The van der Waals surface area contributed by atoms with E-state index in [0.29, 0.717) is 62.5 Å². The monoisotopic (exact) mass is 706 g/mol. The van der Waals surface area contributed by atoms with Crippen LogP contribution in [0.15, 0.2) is 79.1 Å². The Kier molecular flexibility index (Phi) is 10.2. The van der Waals surface area contributed by atoms with E-state index in [1.165, 1.54) is 0 Å². The van der Waals surface area contributed by atoms with E-state index in [-0.39, 0.29) is 35.0 Å². The van der Waals surface area contributed by atoms with Crippen molar-refractivity contribution in [2.75, 3.05) is 26.3 Å². The van der Waals surface area contributed by atoms with Gasteiger partial charge in [0.15, 0.2) is 0 Å². The Morgan fingerprint density at radius 3 is 2.40 bits per heavy atom. The number of carbonyl (C=O) groups excluding carboxylic acids is 2. The lowest BCUT2D eigenvalue weighted by atomic mass is 9.91. The maximum absolute atomic E-state index is 14.4. The van der Waals surface area contributed by atoms with Gasteiger partial charge in [-0.05, 0) is 91.8 Å². The second-order valence-electron chi connectivity index (χ2n) is 13.2. The molecule has 1 aliphatic carbocycles. The lowest BCUT2D eigenvalue weighted by Gasteiger charge is -2.29. The number of imidazole rings is 1. The topological polar surface area (TPSA) is 147 Å². The minimum Gasteiger partial charge on any atom is -0.478 e. The highest BCUT2D eigenvalue weighted by molar-refractivity contribution is 5.96. The molecular weight excluding hydrogens is 667 g/mol. The van der Waals surface area contributed by atoms with Gasteiger partial charge in [0.25, 0.3) is 11.8 Å². The van der Waals surface area contributed by atoms with Crippen LogP contribution < -0.4 is 15.4 Å². The van der Waals surface area contributed by atoms with Crippen molar-refractivity contribution < 1.29 is 33.4 Å². The van der Waals surface area contributed by atoms with Gasteiger partial charge in [-0.3, -0.25) is 14.5 Å². The number of fused-ring (bicyclic) bond motifs is 1. The van der Waals surface area contributed by atoms with Crippen molar-refractivity contribution in [2.45, 2.75) is 51.2 Å². The van der Waals surface area contributed by atoms with Gasteiger partial charge in [-0.2, -0.15) is 0 Å². The van der Waals surface area contributed by atoms with Gasteiger partial charge < -0.3 is 29.6 Å². The van der Waals surface area contributed by atoms with Crippen molar-refractivity contribution >= 4 is 23.4 Å². The van der Waals surface area contributed by atoms with Crippen LogP contribution in [0.25, 0.3) is 16.8 Å². The molecule has 2 fully saturated rings. The molecule has 2 aromatic carbocycles. The molecule has 1 aliphatic heterocycles. The molecule has 3 aromatic heterocycles. The van der Waals surface area contributed by atoms with Crippen LogP contribution in [0.2, 0.25) is 0 Å². The molecule has 0 unspecified atom stereocenters. The number of pyridine rings is 2. The van der Waals surface area contributed by atoms with E-state index in [2.05, 4.69) is 25.5 Å². The molecule has 1 saturated carbocycles. The number of nitrogens with zero attached hydrogens (tertiary/aromatic N) is 4. The van der Waals surface area contributed by atoms with Crippen molar-refractivity contribution in [1.82, 2.24) is 29.9 Å². The van der Waals surface area contributed by atoms with E-state index in [9.17, 15) is 23.9 Å². The molecule has 2 amide bonds. The number of hydrogen-bond acceptors (Lipinski definition) is 8. The number of halogens is 1. The normalized spacial score (nSPS) is 17.8. The van der Waals surface area contributed by atoms with Gasteiger partial charge in [-0.25, -0.2) is 19.2 Å². The fraction of sp³-hybridized carbons (Fsp3) is 0.308. The summed E-state index contributed by atoms with van der Waals surface area (Å²) < 4.78 is 27.9. The second kappa shape index (κ2) is 15.3. The van der Waals surface area contributed by atoms with E-state index in [4.69, 9.17) is 9.47 Å². The highest BCUT2D eigenvalue weighted by atomic mass is 19.1. The minimum absolute atomic E-state index is 0.0400. The minimum atomic E-state index is -1.01. The molecule has 5 aromatic rings. The van der Waals surface area contributed by atoms with Gasteiger partial charge >= 0.3 is 5.97 Å². The number of benzene rings is 2. The molecule has 3 N–H and O–H groups in total. The van der Waals surface area contributed by atoms with Gasteiger partial charge in [-0.1, -0.05) is 24.3 Å². The number of aromatic carboxylic acids is 1. The molecule has 52 heavy (non-hydrogen) atoms. The Balaban J connectivity index is 1.01. The Labute approximate surface area is 299 Å². The van der Waals surface area contributed by atoms with E-state index in [1.54, 1.807) is 42.6 Å². The van der Waals surface area contributed by atoms with E-state index in [0.717, 1.165) is 47.7 Å². The summed E-state index contributed by atoms with van der Waals surface area (Å²) in [6.07, 6.45) is 5.28. The first-order chi connectivity index (χ1) is 25.2. The number of hydrogen-bond donors (Lipinski definition) is 3. The lowest BCUT2D eigenvalue weighted by molar-refractivity contribution is 0.0342. The fourth-order valence-corrected chi connectivity index (χ4v) is 6.81. The lowest BCUT2D eigenvalue weighted by Crippen LogP contribution is -2.44. The molecule has 268 valence electrons. The largest absolute Gasteiger partial charge is 0.478 e. The SMILES string of the molecule is Cc1cccc2nc(C(=O)N[C@H]3CC[C@H](NC(=O)c4cc(F)cnc4Oc4cccc(-c5ccc(C(=O)O)cc5CN5CCOCC5)c4)CC3)cn12. The van der Waals surface area contributed by atoms with Gasteiger partial charge in [0.1, 0.15) is 28.5 Å². The number of amides is 2. The molecular formula is C39H39FN6O6. The van der Waals surface area contributed by atoms with Crippen LogP contribution in [0.5, 0.6) is 11.6 Å². The summed E-state index contributed by atoms with van der Waals surface area (Å²) in [5, 5.41) is 15.7. The standard InChI is InChI=1S/C39H39FN6O6/c1-24-4-2-7-35-44-34(23-46(24)35)37(48)43-30-11-9-29(10-12-30)42-36(47)33-20-28(40)21-41-38(33)52-31-6-3-5-25(19-31)32-13-8-26(39(49)50)18-27(32)22-45-14-16-51-17-15-45/h2-8,13,18-21,23,29-30H,9-12,14-17,22H2,1H3,(H,42,47)(H,43,48)(H,49,50)/t29-,30-. The zero-order valence-electron chi connectivity index (χ0n) is 28.7. The third kappa shape index (κ3) is 7.95. The maximum Gasteiger partial charge on any atom is 0.335 e. The van der Waals surface area contributed by atoms with E-state index >= 15 is 0 Å². The molecule has 0 spiro atoms. The number of carbonyl (C=O) groups is 3. The second-order valence-corrected chi connectivity index (χ2v) is 13.2. The first kappa shape index (κ1) is 34.8. The zero-order chi connectivity index (χ0) is 36.2. The number of ether oxygens (including phenoxy) is 2. The van der Waals surface area contributed by atoms with E-state index in [1.807, 2.05) is 35.6 Å². The molecule has 0 atom stereocenters. The molecule has 7 rings (SSSR count). The fourth-order valence-electron chi connectivity index (χ4n) is 6.81. The van der Waals surface area contributed by atoms with Crippen LogP contribution in [0, 0.1) is 12.7 Å². The summed E-state index contributed by atoms with van der Waals surface area (Å²) in [6.45, 7) is 5.20. The van der Waals surface area contributed by atoms with Crippen LogP contribution in [-0.2, 0) is 11.3 Å². The molecule has 2 aliphatic rings. The Morgan fingerprint density at radius 1 is 0.942 bits per heavy atom. The average Bonchev–Trinajstić information content (AvgIpc) is 3.60. The van der Waals surface area contributed by atoms with Crippen LogP contribution >= 0.6 is 0 Å². The quantitative estimate of drug-likeness (QED) is 0.168. The Morgan fingerprint density at radius 2 is 1.67 bits per heavy atom. The molecule has 13 heteroatoms. The number of rotatable bonds is 10. The van der Waals surface area contributed by atoms with Crippen molar-refractivity contribution in [3.63, 3.8) is 0 Å². The van der Waals surface area contributed by atoms with Crippen LogP contribution in [0.3, 0.4) is 0 Å². The summed E-state index contributed by atoms with van der Waals surface area (Å²) in [5.74, 6) is -2.10. The van der Waals surface area contributed by atoms with Gasteiger partial charge in [-0.15, -0.1) is 0 Å². The Hall–Kier alpha value is -5.66. The zero-order valence-corrected chi connectivity index (χ0v) is 28.7. The van der Waals surface area contributed by atoms with Gasteiger partial charge in [0, 0.05) is 43.6 Å².